The number of hydrogen-bond acceptors (Lipinski definition) is 12. The van der Waals surface area contributed by atoms with E-state index in [2.05, 4.69) is 28.4 Å². The first-order chi connectivity index (χ1) is 37.8. The van der Waals surface area contributed by atoms with Gasteiger partial charge in [0.15, 0.2) is 10.9 Å². The molecule has 294 valence electrons. The van der Waals surface area contributed by atoms with Crippen LogP contribution in [0, 0.1) is 0 Å². The summed E-state index contributed by atoms with van der Waals surface area (Å²) < 4.78 is 274. The van der Waals surface area contributed by atoms with Crippen molar-refractivity contribution in [1.29, 1.82) is 0 Å². The van der Waals surface area contributed by atoms with Gasteiger partial charge in [0.1, 0.15) is 47.3 Å². The van der Waals surface area contributed by atoms with Crippen LogP contribution >= 0.6 is 0 Å². The topological polar surface area (TPSA) is 134 Å². The first-order valence-corrected chi connectivity index (χ1v) is 15.7. The molecule has 0 saturated heterocycles. The van der Waals surface area contributed by atoms with E-state index in [1.807, 2.05) is 0 Å². The molecule has 0 fully saturated rings. The van der Waals surface area contributed by atoms with Crippen molar-refractivity contribution in [3.05, 3.63) is 130 Å². The Morgan fingerprint density at radius 1 is 0.393 bits per heavy atom. The van der Waals surface area contributed by atoms with Crippen LogP contribution in [0.1, 0.15) is 38.4 Å². The lowest BCUT2D eigenvalue weighted by atomic mass is 10.1. The normalized spacial score (nSPS) is 22.4. The maximum Gasteiger partial charge on any atom is 0.193 e. The third-order valence-electron chi connectivity index (χ3n) is 6.79. The van der Waals surface area contributed by atoms with Crippen LogP contribution in [0.3, 0.4) is 0 Å². The molecule has 0 aliphatic heterocycles. The van der Waals surface area contributed by atoms with E-state index in [-0.39, 0.29) is 44.6 Å². The number of rotatable bonds is 25. The lowest BCUT2D eigenvalue weighted by Gasteiger charge is -2.09. The molecular weight excluding hydrogens is 720 g/mol. The maximum absolute atomic E-state index is 12.6. The first kappa shape index (κ1) is 17.9. The molecule has 0 bridgehead atoms. The highest BCUT2D eigenvalue weighted by Gasteiger charge is 2.09. The van der Waals surface area contributed by atoms with E-state index in [0.29, 0.717) is 0 Å². The van der Waals surface area contributed by atoms with Crippen LogP contribution < -0.4 is 20.3 Å². The van der Waals surface area contributed by atoms with Crippen molar-refractivity contribution < 1.29 is 85.1 Å². The van der Waals surface area contributed by atoms with Crippen molar-refractivity contribution in [2.45, 2.75) is 0 Å². The third-order valence-corrected chi connectivity index (χ3v) is 6.79. The minimum atomic E-state index is -4.64. The van der Waals surface area contributed by atoms with Gasteiger partial charge in [0.05, 0.1) is 128 Å². The number of benzene rings is 4. The molecule has 6 aromatic rings. The van der Waals surface area contributed by atoms with Crippen molar-refractivity contribution in [2.24, 2.45) is 0 Å². The van der Waals surface area contributed by atoms with E-state index in [0.717, 1.165) is 24.3 Å². The summed E-state index contributed by atoms with van der Waals surface area (Å²) in [5.41, 5.74) is 0.180. The van der Waals surface area contributed by atoms with Gasteiger partial charge in [-0.25, -0.2) is 0 Å². The fraction of sp³-hybridized carbons (Fsp3) is 0.318. The molecule has 2 heterocycles. The highest BCUT2D eigenvalue weighted by atomic mass is 16.6. The van der Waals surface area contributed by atoms with Crippen molar-refractivity contribution in [2.75, 3.05) is 91.8 Å². The van der Waals surface area contributed by atoms with Gasteiger partial charge in [0, 0.05) is 23.3 Å². The molecule has 2 aromatic heterocycles. The van der Waals surface area contributed by atoms with Gasteiger partial charge < -0.3 is 46.7 Å². The van der Waals surface area contributed by atoms with E-state index in [9.17, 15) is 9.59 Å². The lowest BCUT2D eigenvalue weighted by molar-refractivity contribution is -0.0187. The number of para-hydroxylation sites is 2. The van der Waals surface area contributed by atoms with Crippen LogP contribution in [-0.4, -0.2) is 91.8 Å². The summed E-state index contributed by atoms with van der Waals surface area (Å²) in [6, 6.07) is 24.3. The average molecular weight is 795 g/mol. The molecule has 0 spiro atoms. The fourth-order valence-corrected chi connectivity index (χ4v) is 4.43. The van der Waals surface area contributed by atoms with E-state index in [1.54, 1.807) is 24.3 Å². The van der Waals surface area contributed by atoms with Crippen LogP contribution in [-0.2, 0) is 28.4 Å². The lowest BCUT2D eigenvalue weighted by Crippen LogP contribution is -2.15. The summed E-state index contributed by atoms with van der Waals surface area (Å²) in [6.45, 7) is -61.1. The Morgan fingerprint density at radius 3 is 1.04 bits per heavy atom. The van der Waals surface area contributed by atoms with E-state index in [4.69, 9.17) is 56.7 Å². The SMILES string of the molecule is [2H]C([2H])(Oc1ccc(-c2cc(=O)c3ccccc3o2)cc1)C([2H])([2H])OC([2H])([2H])C([2H])([2H])OC([2H])([2H])C([2H])([2H])OC([2H])([2H])C([2H])([2H])OC([2H])([2H])C([2H])([2H])OC([2H])([2H])C([2H])([2H])OC([2H])([2H])C([2H])([2H])Oc1ccc(-c2cc(=O)c3ccccc3o2)cc1. The van der Waals surface area contributed by atoms with Gasteiger partial charge in [-0.3, -0.25) is 9.59 Å². The average Bonchev–Trinajstić information content (AvgIpc) is 1.67. The highest BCUT2D eigenvalue weighted by Crippen LogP contribution is 2.25. The Kier molecular flexibility index (Phi) is 7.10. The molecule has 0 N–H and O–H groups in total. The summed E-state index contributed by atoms with van der Waals surface area (Å²) in [5.74, 6) is -0.788. The molecule has 4 aromatic carbocycles. The van der Waals surface area contributed by atoms with E-state index < -0.39 is 114 Å². The Balaban J connectivity index is 1.08. The molecule has 12 heteroatoms. The molecule has 0 radical (unpaired) electrons. The van der Waals surface area contributed by atoms with Gasteiger partial charge in [0.25, 0.3) is 0 Å². The summed E-state index contributed by atoms with van der Waals surface area (Å²) >= 11 is 0. The van der Waals surface area contributed by atoms with Crippen LogP contribution in [0.25, 0.3) is 44.6 Å². The molecule has 12 nitrogen and oxygen atoms in total. The predicted octanol–water partition coefficient (Wildman–Crippen LogP) is 6.79. The van der Waals surface area contributed by atoms with Crippen LogP contribution in [0.5, 0.6) is 11.5 Å². The summed E-state index contributed by atoms with van der Waals surface area (Å²) in [6.07, 6.45) is 0. The number of hydrogen-bond donors (Lipinski definition) is 0. The summed E-state index contributed by atoms with van der Waals surface area (Å²) in [4.78, 5) is 25.1. The molecule has 0 amide bonds. The second-order valence-electron chi connectivity index (χ2n) is 10.2. The zero-order valence-corrected chi connectivity index (χ0v) is 28.3. The molecule has 0 atom stereocenters. The molecule has 0 unspecified atom stereocenters. The summed E-state index contributed by atoms with van der Waals surface area (Å²) in [7, 11) is 0. The van der Waals surface area contributed by atoms with E-state index in [1.165, 1.54) is 60.7 Å². The first-order valence-electron chi connectivity index (χ1n) is 29.7. The standard InChI is InChI=1S/C44H46O12/c45-39-31-43(55-41-7-3-1-5-37(39)41)33-9-13-35(14-10-33)53-29-27-51-25-23-49-21-19-47-17-18-48-20-22-50-24-26-52-28-30-54-36-15-11-34(12-16-36)44-32-40(46)38-6-2-4-8-42(38)56-44/h1-16,31-32H,17-30H2/i17D2,18D2,19D2,20D2,21D2,22D2,23D2,24D2,25D2,26D2,27D2,28D2,29D2,30D2. The molecule has 0 saturated carbocycles. The van der Waals surface area contributed by atoms with Crippen molar-refractivity contribution in [3.8, 4) is 34.1 Å². The Morgan fingerprint density at radius 2 is 0.696 bits per heavy atom. The van der Waals surface area contributed by atoms with E-state index >= 15 is 0 Å². The van der Waals surface area contributed by atoms with Crippen LogP contribution in [0.2, 0.25) is 0 Å². The molecule has 56 heavy (non-hydrogen) atoms. The smallest absolute Gasteiger partial charge is 0.193 e. The Bertz CT molecular complexity index is 3230. The van der Waals surface area contributed by atoms with Gasteiger partial charge in [0.2, 0.25) is 0 Å². The maximum atomic E-state index is 12.6. The fourth-order valence-electron chi connectivity index (χ4n) is 4.43. The minimum Gasteiger partial charge on any atom is -0.491 e. The zero-order chi connectivity index (χ0) is 63.7. The molecular formula is C44H46O12. The zero-order valence-electron chi connectivity index (χ0n) is 56.3. The van der Waals surface area contributed by atoms with Crippen molar-refractivity contribution >= 4 is 21.9 Å². The number of ether oxygens (including phenoxy) is 8. The van der Waals surface area contributed by atoms with Gasteiger partial charge in [-0.1, -0.05) is 24.3 Å². The molecule has 0 aliphatic rings. The number of fused-ring (bicyclic) bond motifs is 2. The van der Waals surface area contributed by atoms with Gasteiger partial charge >= 0.3 is 0 Å². The third kappa shape index (κ3) is 12.6. The van der Waals surface area contributed by atoms with Crippen molar-refractivity contribution in [3.63, 3.8) is 0 Å². The highest BCUT2D eigenvalue weighted by molar-refractivity contribution is 5.79. The van der Waals surface area contributed by atoms with Crippen LogP contribution in [0.15, 0.2) is 128 Å². The largest absolute Gasteiger partial charge is 0.491 e. The van der Waals surface area contributed by atoms with Gasteiger partial charge in [-0.05, 0) is 72.8 Å². The Hall–Kier alpha value is -5.34. The predicted molar refractivity (Wildman–Crippen MR) is 212 cm³/mol. The Labute approximate surface area is 363 Å². The van der Waals surface area contributed by atoms with Gasteiger partial charge in [-0.2, -0.15) is 0 Å². The second-order valence-corrected chi connectivity index (χ2v) is 10.2. The van der Waals surface area contributed by atoms with Gasteiger partial charge in [-0.15, -0.1) is 0 Å². The van der Waals surface area contributed by atoms with Crippen LogP contribution in [0.4, 0.5) is 0 Å². The quantitative estimate of drug-likeness (QED) is 0.0604. The summed E-state index contributed by atoms with van der Waals surface area (Å²) in [5, 5.41) is 0.554. The second kappa shape index (κ2) is 22.3. The monoisotopic (exact) mass is 794 g/mol. The molecule has 6 rings (SSSR count). The minimum absolute atomic E-state index is 0.0656. The molecule has 0 aliphatic carbocycles. The van der Waals surface area contributed by atoms with Crippen molar-refractivity contribution in [1.82, 2.24) is 0 Å².